The molecule has 162 valence electrons. The molecule has 0 unspecified atom stereocenters. The predicted octanol–water partition coefficient (Wildman–Crippen LogP) is 4.90. The van der Waals surface area contributed by atoms with E-state index in [0.29, 0.717) is 13.1 Å². The summed E-state index contributed by atoms with van der Waals surface area (Å²) in [6.45, 7) is 3.34. The van der Waals surface area contributed by atoms with Gasteiger partial charge in [-0.25, -0.2) is 4.79 Å². The molecule has 0 spiro atoms. The summed E-state index contributed by atoms with van der Waals surface area (Å²) in [5.41, 5.74) is 2.31. The molecule has 3 rings (SSSR count). The maximum Gasteiger partial charge on any atom is 0.320 e. The third-order valence-corrected chi connectivity index (χ3v) is 6.83. The monoisotopic (exact) mass is 427 g/mol. The van der Waals surface area contributed by atoms with Gasteiger partial charge in [-0.05, 0) is 42.3 Å². The fourth-order valence-electron chi connectivity index (χ4n) is 4.02. The maximum absolute atomic E-state index is 13.5. The van der Waals surface area contributed by atoms with Gasteiger partial charge in [0.15, 0.2) is 0 Å². The highest BCUT2D eigenvalue weighted by molar-refractivity contribution is 7.10. The summed E-state index contributed by atoms with van der Waals surface area (Å²) < 4.78 is 0. The number of carbonyl (C=O) groups is 2. The van der Waals surface area contributed by atoms with Gasteiger partial charge >= 0.3 is 6.03 Å². The van der Waals surface area contributed by atoms with Gasteiger partial charge in [-0.15, -0.1) is 11.3 Å². The highest BCUT2D eigenvalue weighted by Crippen LogP contribution is 2.24. The minimum atomic E-state index is -0.0674. The van der Waals surface area contributed by atoms with Crippen LogP contribution >= 0.6 is 11.3 Å². The van der Waals surface area contributed by atoms with Crippen molar-refractivity contribution in [3.05, 3.63) is 57.8 Å². The number of nitrogens with zero attached hydrogens (tertiary/aromatic N) is 3. The van der Waals surface area contributed by atoms with Gasteiger partial charge in [0.05, 0.1) is 6.54 Å². The van der Waals surface area contributed by atoms with Gasteiger partial charge in [0.1, 0.15) is 6.54 Å². The summed E-state index contributed by atoms with van der Waals surface area (Å²) in [5, 5.41) is 2.07. The van der Waals surface area contributed by atoms with Gasteiger partial charge in [-0.2, -0.15) is 0 Å². The molecule has 0 atom stereocenters. The van der Waals surface area contributed by atoms with Crippen molar-refractivity contribution in [2.75, 3.05) is 20.6 Å². The molecule has 0 N–H and O–H groups in total. The van der Waals surface area contributed by atoms with E-state index < -0.39 is 0 Å². The van der Waals surface area contributed by atoms with E-state index in [2.05, 4.69) is 18.4 Å². The molecule has 2 aromatic rings. The highest BCUT2D eigenvalue weighted by atomic mass is 32.1. The Hall–Kier alpha value is -2.34. The number of benzene rings is 1. The van der Waals surface area contributed by atoms with Crippen LogP contribution in [0.25, 0.3) is 0 Å². The largest absolute Gasteiger partial charge is 0.332 e. The summed E-state index contributed by atoms with van der Waals surface area (Å²) in [6.07, 6.45) is 5.42. The van der Waals surface area contributed by atoms with Crippen LogP contribution in [0.2, 0.25) is 0 Å². The molecule has 3 amide bonds. The topological polar surface area (TPSA) is 43.9 Å². The second kappa shape index (κ2) is 10.6. The van der Waals surface area contributed by atoms with Crippen LogP contribution < -0.4 is 0 Å². The lowest BCUT2D eigenvalue weighted by Crippen LogP contribution is -2.51. The molecule has 1 aromatic heterocycles. The molecule has 1 aromatic carbocycles. The third-order valence-electron chi connectivity index (χ3n) is 5.82. The van der Waals surface area contributed by atoms with Crippen molar-refractivity contribution >= 4 is 23.3 Å². The van der Waals surface area contributed by atoms with Gasteiger partial charge in [0, 0.05) is 31.6 Å². The first-order valence-corrected chi connectivity index (χ1v) is 11.7. The Morgan fingerprint density at radius 1 is 1.00 bits per heavy atom. The van der Waals surface area contributed by atoms with Crippen LogP contribution in [0.5, 0.6) is 0 Å². The number of carbonyl (C=O) groups excluding carboxylic acids is 2. The number of urea groups is 1. The van der Waals surface area contributed by atoms with E-state index in [1.54, 1.807) is 35.2 Å². The summed E-state index contributed by atoms with van der Waals surface area (Å²) in [7, 11) is 3.53. The van der Waals surface area contributed by atoms with E-state index in [-0.39, 0.29) is 24.5 Å². The lowest BCUT2D eigenvalue weighted by molar-refractivity contribution is -0.133. The number of rotatable bonds is 7. The second-order valence-electron chi connectivity index (χ2n) is 8.36. The Morgan fingerprint density at radius 2 is 1.70 bits per heavy atom. The van der Waals surface area contributed by atoms with Crippen molar-refractivity contribution in [2.45, 2.75) is 58.2 Å². The Bertz CT molecular complexity index is 828. The Labute approximate surface area is 184 Å². The van der Waals surface area contributed by atoms with Crippen LogP contribution in [-0.4, -0.2) is 53.3 Å². The molecule has 0 bridgehead atoms. The average Bonchev–Trinajstić information content (AvgIpc) is 3.16. The van der Waals surface area contributed by atoms with E-state index in [9.17, 15) is 9.59 Å². The van der Waals surface area contributed by atoms with Gasteiger partial charge in [0.2, 0.25) is 5.91 Å². The van der Waals surface area contributed by atoms with Gasteiger partial charge in [-0.3, -0.25) is 4.79 Å². The number of thiophene rings is 1. The minimum absolute atomic E-state index is 0.00688. The van der Waals surface area contributed by atoms with Crippen LogP contribution in [-0.2, 0) is 17.9 Å². The normalized spacial score (nSPS) is 14.4. The zero-order chi connectivity index (χ0) is 21.5. The summed E-state index contributed by atoms with van der Waals surface area (Å²) in [6, 6.07) is 12.3. The fraction of sp³-hybridized carbons (Fsp3) is 0.500. The van der Waals surface area contributed by atoms with Crippen LogP contribution in [0, 0.1) is 6.92 Å². The molecule has 6 heteroatoms. The van der Waals surface area contributed by atoms with Gasteiger partial charge in [-0.1, -0.05) is 49.6 Å². The summed E-state index contributed by atoms with van der Waals surface area (Å²) in [5.74, 6) is 0.00688. The average molecular weight is 428 g/mol. The van der Waals surface area contributed by atoms with E-state index in [0.717, 1.165) is 31.2 Å². The van der Waals surface area contributed by atoms with E-state index in [1.165, 1.54) is 16.9 Å². The summed E-state index contributed by atoms with van der Waals surface area (Å²) in [4.78, 5) is 32.9. The van der Waals surface area contributed by atoms with Crippen LogP contribution in [0.4, 0.5) is 4.79 Å². The van der Waals surface area contributed by atoms with Crippen molar-refractivity contribution in [1.82, 2.24) is 14.7 Å². The van der Waals surface area contributed by atoms with Crippen LogP contribution in [0.1, 0.15) is 48.1 Å². The molecule has 5 nitrogen and oxygen atoms in total. The van der Waals surface area contributed by atoms with Gasteiger partial charge in [0.25, 0.3) is 0 Å². The zero-order valence-electron chi connectivity index (χ0n) is 18.3. The Balaban J connectivity index is 1.80. The maximum atomic E-state index is 13.5. The predicted molar refractivity (Wildman–Crippen MR) is 122 cm³/mol. The Kier molecular flexibility index (Phi) is 7.91. The number of hydrogen-bond donors (Lipinski definition) is 0. The first-order chi connectivity index (χ1) is 14.5. The standard InChI is InChI=1S/C24H33N3O2S/c1-19-14-15-30-22(19)17-26(16-20-10-6-4-7-11-20)23(28)18-27(24(29)25(2)3)21-12-8-5-9-13-21/h4,6-7,10-11,14-15,21H,5,8-9,12-13,16-18H2,1-3H3. The molecule has 1 aliphatic carbocycles. The molecule has 1 saturated carbocycles. The lowest BCUT2D eigenvalue weighted by Gasteiger charge is -2.37. The number of aryl methyl sites for hydroxylation is 1. The SMILES string of the molecule is Cc1ccsc1CN(Cc1ccccc1)C(=O)CN(C(=O)N(C)C)C1CCCCC1. The van der Waals surface area contributed by atoms with E-state index in [4.69, 9.17) is 0 Å². The third kappa shape index (κ3) is 5.85. The van der Waals surface area contributed by atoms with E-state index >= 15 is 0 Å². The zero-order valence-corrected chi connectivity index (χ0v) is 19.2. The summed E-state index contributed by atoms with van der Waals surface area (Å²) >= 11 is 1.68. The van der Waals surface area contributed by atoms with Crippen molar-refractivity contribution in [3.63, 3.8) is 0 Å². The molecule has 30 heavy (non-hydrogen) atoms. The first-order valence-electron chi connectivity index (χ1n) is 10.8. The van der Waals surface area contributed by atoms with E-state index in [1.807, 2.05) is 35.2 Å². The molecule has 0 radical (unpaired) electrons. The number of hydrogen-bond acceptors (Lipinski definition) is 3. The molecular weight excluding hydrogens is 394 g/mol. The molecule has 1 aliphatic rings. The van der Waals surface area contributed by atoms with Gasteiger partial charge < -0.3 is 14.7 Å². The van der Waals surface area contributed by atoms with Crippen molar-refractivity contribution in [3.8, 4) is 0 Å². The van der Waals surface area contributed by atoms with Crippen LogP contribution in [0.3, 0.4) is 0 Å². The fourth-order valence-corrected chi connectivity index (χ4v) is 4.94. The van der Waals surface area contributed by atoms with Crippen molar-refractivity contribution < 1.29 is 9.59 Å². The smallest absolute Gasteiger partial charge is 0.320 e. The lowest BCUT2D eigenvalue weighted by atomic mass is 9.94. The second-order valence-corrected chi connectivity index (χ2v) is 9.36. The Morgan fingerprint density at radius 3 is 2.30 bits per heavy atom. The molecular formula is C24H33N3O2S. The van der Waals surface area contributed by atoms with Crippen molar-refractivity contribution in [1.29, 1.82) is 0 Å². The molecule has 1 heterocycles. The molecule has 1 fully saturated rings. The quantitative estimate of drug-likeness (QED) is 0.631. The highest BCUT2D eigenvalue weighted by Gasteiger charge is 2.30. The minimum Gasteiger partial charge on any atom is -0.332 e. The van der Waals surface area contributed by atoms with Crippen LogP contribution in [0.15, 0.2) is 41.8 Å². The first kappa shape index (κ1) is 22.3. The van der Waals surface area contributed by atoms with Crippen molar-refractivity contribution in [2.24, 2.45) is 0 Å². The molecule has 0 saturated heterocycles. The molecule has 0 aliphatic heterocycles. The number of amides is 3.